The van der Waals surface area contributed by atoms with E-state index in [2.05, 4.69) is 207 Å². The second-order valence-electron chi connectivity index (χ2n) is 20.3. The SMILES string of the molecule is CC(C)c1ccc(N(C2=CC3c4ccccc4C4=C(C3C=C2)C2(c3cc5cc(N(c6ccc(F)cc6)c6ccc(C(C)C)cc6)ccc5cc34)c3ccccc3-c3ccccc32)c2ccc(F)cc2)cc1. The number of hydrogen-bond donors (Lipinski definition) is 0. The highest BCUT2D eigenvalue weighted by molar-refractivity contribution is 6.04. The third kappa shape index (κ3) is 6.64. The quantitative estimate of drug-likeness (QED) is 0.150. The number of anilines is 5. The highest BCUT2D eigenvalue weighted by atomic mass is 19.1. The van der Waals surface area contributed by atoms with E-state index in [9.17, 15) is 8.78 Å². The predicted octanol–water partition coefficient (Wildman–Crippen LogP) is 18.0. The summed E-state index contributed by atoms with van der Waals surface area (Å²) in [6.07, 6.45) is 7.24. The minimum atomic E-state index is -0.596. The van der Waals surface area contributed by atoms with Crippen molar-refractivity contribution in [3.8, 4) is 11.1 Å². The molecule has 4 heteroatoms. The van der Waals surface area contributed by atoms with Crippen LogP contribution >= 0.6 is 0 Å². The number of benzene rings is 9. The summed E-state index contributed by atoms with van der Waals surface area (Å²) in [5.74, 6) is 0.289. The molecule has 0 amide bonds. The molecule has 0 saturated carbocycles. The molecule has 2 unspecified atom stereocenters. The number of nitrogens with zero attached hydrogens (tertiary/aromatic N) is 2. The van der Waals surface area contributed by atoms with Gasteiger partial charge in [0, 0.05) is 46.0 Å². The van der Waals surface area contributed by atoms with E-state index in [0.717, 1.165) is 44.9 Å². The zero-order valence-corrected chi connectivity index (χ0v) is 40.2. The Morgan fingerprint density at radius 2 is 0.915 bits per heavy atom. The molecule has 9 aromatic rings. The topological polar surface area (TPSA) is 6.48 Å². The monoisotopic (exact) mass is 922 g/mol. The first kappa shape index (κ1) is 43.0. The summed E-state index contributed by atoms with van der Waals surface area (Å²) in [6, 6.07) is 70.2. The van der Waals surface area contributed by atoms with Gasteiger partial charge in [-0.3, -0.25) is 0 Å². The Morgan fingerprint density at radius 1 is 0.423 bits per heavy atom. The van der Waals surface area contributed by atoms with Crippen molar-refractivity contribution < 1.29 is 8.78 Å². The molecule has 1 spiro atoms. The van der Waals surface area contributed by atoms with Crippen molar-refractivity contribution in [3.05, 3.63) is 286 Å². The van der Waals surface area contributed by atoms with Crippen LogP contribution in [0.15, 0.2) is 230 Å². The molecule has 0 bridgehead atoms. The van der Waals surface area contributed by atoms with Crippen molar-refractivity contribution in [1.29, 1.82) is 0 Å². The molecule has 2 atom stereocenters. The van der Waals surface area contributed by atoms with Crippen molar-refractivity contribution >= 4 is 44.8 Å². The Kier molecular flexibility index (Phi) is 10.0. The van der Waals surface area contributed by atoms with Crippen molar-refractivity contribution in [3.63, 3.8) is 0 Å². The normalized spacial score (nSPS) is 16.6. The summed E-state index contributed by atoms with van der Waals surface area (Å²) in [6.45, 7) is 8.86. The van der Waals surface area contributed by atoms with Crippen LogP contribution in [0, 0.1) is 17.6 Å². The first-order valence-electron chi connectivity index (χ1n) is 25.0. The number of hydrogen-bond acceptors (Lipinski definition) is 2. The van der Waals surface area contributed by atoms with Crippen molar-refractivity contribution in [2.75, 3.05) is 9.80 Å². The van der Waals surface area contributed by atoms with E-state index in [1.165, 1.54) is 66.8 Å². The molecule has 4 aliphatic carbocycles. The first-order valence-corrected chi connectivity index (χ1v) is 25.0. The predicted molar refractivity (Wildman–Crippen MR) is 289 cm³/mol. The zero-order valence-electron chi connectivity index (χ0n) is 40.2. The Morgan fingerprint density at radius 3 is 1.48 bits per heavy atom. The minimum absolute atomic E-state index is 0.00122. The Bertz CT molecular complexity index is 3630. The van der Waals surface area contributed by atoms with Crippen molar-refractivity contribution in [2.45, 2.75) is 50.9 Å². The van der Waals surface area contributed by atoms with Gasteiger partial charge in [-0.15, -0.1) is 0 Å². The highest BCUT2D eigenvalue weighted by Gasteiger charge is 2.57. The zero-order chi connectivity index (χ0) is 48.1. The Balaban J connectivity index is 1.03. The van der Waals surface area contributed by atoms with Crippen molar-refractivity contribution in [2.24, 2.45) is 5.92 Å². The third-order valence-corrected chi connectivity index (χ3v) is 15.7. The maximum Gasteiger partial charge on any atom is 0.123 e. The van der Waals surface area contributed by atoms with Crippen LogP contribution in [-0.2, 0) is 5.41 Å². The second-order valence-corrected chi connectivity index (χ2v) is 20.3. The smallest absolute Gasteiger partial charge is 0.123 e. The maximum atomic E-state index is 14.6. The molecule has 0 fully saturated rings. The minimum Gasteiger partial charge on any atom is -0.311 e. The molecule has 0 heterocycles. The summed E-state index contributed by atoms with van der Waals surface area (Å²) in [7, 11) is 0. The molecular weight excluding hydrogens is 871 g/mol. The molecular formula is C67H52F2N2. The lowest BCUT2D eigenvalue weighted by molar-refractivity contribution is 0.572. The lowest BCUT2D eigenvalue weighted by atomic mass is 9.60. The molecule has 0 aromatic heterocycles. The van der Waals surface area contributed by atoms with Crippen LogP contribution in [0.25, 0.3) is 27.5 Å². The van der Waals surface area contributed by atoms with Gasteiger partial charge in [0.25, 0.3) is 0 Å². The first-order chi connectivity index (χ1) is 34.7. The highest BCUT2D eigenvalue weighted by Crippen LogP contribution is 2.68. The number of halogens is 2. The van der Waals surface area contributed by atoms with E-state index in [4.69, 9.17) is 0 Å². The second kappa shape index (κ2) is 16.5. The van der Waals surface area contributed by atoms with Crippen LogP contribution in [0.5, 0.6) is 0 Å². The maximum absolute atomic E-state index is 14.6. The van der Waals surface area contributed by atoms with E-state index in [0.29, 0.717) is 11.8 Å². The van der Waals surface area contributed by atoms with Gasteiger partial charge in [-0.1, -0.05) is 143 Å². The summed E-state index contributed by atoms with van der Waals surface area (Å²) in [5.41, 5.74) is 20.8. The van der Waals surface area contributed by atoms with Gasteiger partial charge in [0.2, 0.25) is 0 Å². The Hall–Kier alpha value is -8.08. The molecule has 0 saturated heterocycles. The van der Waals surface area contributed by atoms with Crippen molar-refractivity contribution in [1.82, 2.24) is 0 Å². The van der Waals surface area contributed by atoms with E-state index in [-0.39, 0.29) is 23.5 Å². The van der Waals surface area contributed by atoms with E-state index in [1.54, 1.807) is 24.3 Å². The molecule has 0 radical (unpaired) electrons. The standard InChI is InChI=1S/C67H52F2N2/c1-41(2)43-17-26-49(27-18-43)70(51-31-22-47(68)23-32-51)53-30-21-45-38-61-64(39-46(45)37-53)67(62-15-9-7-12-56(62)57-13-8-10-16-63(57)67)66-59-36-35-54(40-60(59)55-11-5-6-14-58(55)65(61)66)71(52-33-24-48(69)25-34-52)50-28-19-44(20-29-50)42(3)4/h5-42,59-60H,1-4H3. The van der Waals surface area contributed by atoms with Crippen LogP contribution in [0.1, 0.15) is 90.0 Å². The van der Waals surface area contributed by atoms with Crippen LogP contribution in [0.3, 0.4) is 0 Å². The Labute approximate surface area is 415 Å². The number of rotatable bonds is 8. The summed E-state index contributed by atoms with van der Waals surface area (Å²) in [5, 5.41) is 2.29. The average Bonchev–Trinajstić information content (AvgIpc) is 3.87. The molecule has 71 heavy (non-hydrogen) atoms. The van der Waals surface area contributed by atoms with Gasteiger partial charge in [0.05, 0.1) is 5.41 Å². The van der Waals surface area contributed by atoms with Crippen LogP contribution in [-0.4, -0.2) is 0 Å². The summed E-state index contributed by atoms with van der Waals surface area (Å²) in [4.78, 5) is 4.52. The largest absolute Gasteiger partial charge is 0.311 e. The molecule has 0 N–H and O–H groups in total. The van der Waals surface area contributed by atoms with Crippen LogP contribution in [0.4, 0.5) is 37.2 Å². The van der Waals surface area contributed by atoms with Gasteiger partial charge < -0.3 is 9.80 Å². The lowest BCUT2D eigenvalue weighted by Gasteiger charge is -2.43. The number of fused-ring (bicyclic) bond motifs is 15. The van der Waals surface area contributed by atoms with Gasteiger partial charge in [0.15, 0.2) is 0 Å². The van der Waals surface area contributed by atoms with Crippen LogP contribution in [0.2, 0.25) is 0 Å². The molecule has 344 valence electrons. The molecule has 0 aliphatic heterocycles. The summed E-state index contributed by atoms with van der Waals surface area (Å²) >= 11 is 0. The fourth-order valence-electron chi connectivity index (χ4n) is 12.4. The summed E-state index contributed by atoms with van der Waals surface area (Å²) < 4.78 is 29.1. The molecule has 13 rings (SSSR count). The molecule has 4 aliphatic rings. The van der Waals surface area contributed by atoms with E-state index < -0.39 is 5.41 Å². The fourth-order valence-corrected chi connectivity index (χ4v) is 12.4. The van der Waals surface area contributed by atoms with E-state index in [1.807, 2.05) is 24.3 Å². The molecule has 2 nitrogen and oxygen atoms in total. The average molecular weight is 923 g/mol. The van der Waals surface area contributed by atoms with Gasteiger partial charge in [-0.25, -0.2) is 8.78 Å². The van der Waals surface area contributed by atoms with Gasteiger partial charge in [-0.2, -0.15) is 0 Å². The van der Waals surface area contributed by atoms with Gasteiger partial charge in [-0.05, 0) is 193 Å². The number of allylic oxidation sites excluding steroid dienone is 4. The van der Waals surface area contributed by atoms with Gasteiger partial charge in [0.1, 0.15) is 11.6 Å². The lowest BCUT2D eigenvalue weighted by Crippen LogP contribution is -2.35. The third-order valence-electron chi connectivity index (χ3n) is 15.7. The fraction of sp³-hybridized carbons (Fsp3) is 0.134. The van der Waals surface area contributed by atoms with Gasteiger partial charge >= 0.3 is 0 Å². The molecule has 9 aromatic carbocycles. The van der Waals surface area contributed by atoms with E-state index >= 15 is 0 Å². The van der Waals surface area contributed by atoms with Crippen LogP contribution < -0.4 is 9.80 Å².